The number of nitrogens with one attached hydrogen (secondary N) is 1. The fourth-order valence-corrected chi connectivity index (χ4v) is 7.15. The number of halogens is 3. The van der Waals surface area contributed by atoms with Crippen LogP contribution in [0, 0.1) is 23.2 Å². The first-order valence-electron chi connectivity index (χ1n) is 10.3. The van der Waals surface area contributed by atoms with Crippen LogP contribution in [0.2, 0.25) is 10.0 Å². The summed E-state index contributed by atoms with van der Waals surface area (Å²) >= 11 is 15.6. The number of nitrogens with zero attached hydrogens (tertiary/aromatic N) is 2. The van der Waals surface area contributed by atoms with Crippen molar-refractivity contribution in [3.63, 3.8) is 0 Å². The molecule has 1 aromatic carbocycles. The van der Waals surface area contributed by atoms with Gasteiger partial charge in [-0.15, -0.1) is 0 Å². The van der Waals surface area contributed by atoms with Gasteiger partial charge in [0.25, 0.3) is 0 Å². The van der Waals surface area contributed by atoms with Crippen LogP contribution in [0.1, 0.15) is 50.5 Å². The molecule has 6 rings (SSSR count). The van der Waals surface area contributed by atoms with Crippen molar-refractivity contribution in [2.45, 2.75) is 51.5 Å². The smallest absolute Gasteiger partial charge is 0.226 e. The molecule has 4 nitrogen and oxygen atoms in total. The summed E-state index contributed by atoms with van der Waals surface area (Å²) in [6.07, 6.45) is 10.4. The van der Waals surface area contributed by atoms with Gasteiger partial charge in [-0.2, -0.15) is 5.10 Å². The van der Waals surface area contributed by atoms with Crippen molar-refractivity contribution < 1.29 is 4.79 Å². The molecule has 4 aliphatic rings. The predicted molar refractivity (Wildman–Crippen MR) is 119 cm³/mol. The molecule has 0 aliphatic heterocycles. The first-order chi connectivity index (χ1) is 13.9. The molecule has 1 amide bonds. The zero-order valence-corrected chi connectivity index (χ0v) is 19.2. The Kier molecular flexibility index (Phi) is 5.20. The lowest BCUT2D eigenvalue weighted by molar-refractivity contribution is -0.124. The summed E-state index contributed by atoms with van der Waals surface area (Å²) in [5.74, 6) is 3.23. The molecular weight excluding hydrogens is 473 g/mol. The van der Waals surface area contributed by atoms with Gasteiger partial charge in [0.15, 0.2) is 5.82 Å². The van der Waals surface area contributed by atoms with Crippen molar-refractivity contribution >= 4 is 50.9 Å². The Morgan fingerprint density at radius 1 is 1.14 bits per heavy atom. The van der Waals surface area contributed by atoms with Crippen LogP contribution in [0.4, 0.5) is 5.82 Å². The van der Waals surface area contributed by atoms with Gasteiger partial charge in [0.05, 0.1) is 21.1 Å². The predicted octanol–water partition coefficient (Wildman–Crippen LogP) is 6.55. The maximum atomic E-state index is 12.9. The molecule has 4 fully saturated rings. The highest BCUT2D eigenvalue weighted by molar-refractivity contribution is 9.10. The van der Waals surface area contributed by atoms with E-state index in [1.165, 1.54) is 38.5 Å². The zero-order valence-electron chi connectivity index (χ0n) is 16.1. The molecular formula is C22H24BrCl2N3O. The van der Waals surface area contributed by atoms with E-state index in [0.717, 1.165) is 27.8 Å². The van der Waals surface area contributed by atoms with E-state index >= 15 is 0 Å². The van der Waals surface area contributed by atoms with E-state index in [1.807, 2.05) is 18.3 Å². The van der Waals surface area contributed by atoms with Gasteiger partial charge in [-0.3, -0.25) is 9.48 Å². The number of rotatable bonds is 5. The Hall–Kier alpha value is -1.04. The van der Waals surface area contributed by atoms with Crippen LogP contribution < -0.4 is 5.32 Å². The first kappa shape index (κ1) is 19.9. The van der Waals surface area contributed by atoms with E-state index in [9.17, 15) is 4.79 Å². The van der Waals surface area contributed by atoms with Gasteiger partial charge >= 0.3 is 0 Å². The minimum Gasteiger partial charge on any atom is -0.308 e. The number of anilines is 1. The highest BCUT2D eigenvalue weighted by Crippen LogP contribution is 2.61. The maximum absolute atomic E-state index is 12.9. The minimum absolute atomic E-state index is 0.0902. The fraction of sp³-hybridized carbons (Fsp3) is 0.545. The van der Waals surface area contributed by atoms with Gasteiger partial charge in [-0.25, -0.2) is 0 Å². The van der Waals surface area contributed by atoms with E-state index in [2.05, 4.69) is 26.3 Å². The topological polar surface area (TPSA) is 46.9 Å². The zero-order chi connectivity index (χ0) is 20.2. The summed E-state index contributed by atoms with van der Waals surface area (Å²) in [5, 5.41) is 8.66. The van der Waals surface area contributed by atoms with E-state index < -0.39 is 0 Å². The number of carbonyl (C=O) groups excluding carboxylic acids is 1. The third-order valence-corrected chi connectivity index (χ3v) is 8.32. The highest BCUT2D eigenvalue weighted by Gasteiger charge is 2.51. The molecule has 1 aromatic heterocycles. The molecule has 1 N–H and O–H groups in total. The van der Waals surface area contributed by atoms with E-state index in [1.54, 1.807) is 10.7 Å². The maximum Gasteiger partial charge on any atom is 0.226 e. The Bertz CT molecular complexity index is 922. The summed E-state index contributed by atoms with van der Waals surface area (Å²) < 4.78 is 2.58. The first-order valence-corrected chi connectivity index (χ1v) is 11.9. The molecule has 1 heterocycles. The van der Waals surface area contributed by atoms with Crippen molar-refractivity contribution in [3.8, 4) is 0 Å². The van der Waals surface area contributed by atoms with E-state index in [4.69, 9.17) is 23.2 Å². The molecule has 0 unspecified atom stereocenters. The summed E-state index contributed by atoms with van der Waals surface area (Å²) in [7, 11) is 0. The molecule has 2 aromatic rings. The van der Waals surface area contributed by atoms with Gasteiger partial charge in [0.2, 0.25) is 5.91 Å². The van der Waals surface area contributed by atoms with Crippen LogP contribution >= 0.6 is 39.1 Å². The number of hydrogen-bond acceptors (Lipinski definition) is 2. The molecule has 7 heteroatoms. The van der Waals surface area contributed by atoms with Crippen molar-refractivity contribution in [2.75, 3.05) is 5.32 Å². The van der Waals surface area contributed by atoms with Crippen LogP contribution in [0.3, 0.4) is 0 Å². The number of carbonyl (C=O) groups is 1. The van der Waals surface area contributed by atoms with Crippen LogP contribution in [0.5, 0.6) is 0 Å². The van der Waals surface area contributed by atoms with Crippen molar-refractivity contribution in [3.05, 3.63) is 44.5 Å². The van der Waals surface area contributed by atoms with Crippen LogP contribution in [0.15, 0.2) is 28.9 Å². The fourth-order valence-electron chi connectivity index (χ4n) is 6.41. The lowest BCUT2D eigenvalue weighted by Gasteiger charge is -2.56. The Morgan fingerprint density at radius 3 is 2.41 bits per heavy atom. The van der Waals surface area contributed by atoms with E-state index in [0.29, 0.717) is 28.8 Å². The monoisotopic (exact) mass is 495 g/mol. The summed E-state index contributed by atoms with van der Waals surface area (Å²) in [6.45, 7) is 0.556. The van der Waals surface area contributed by atoms with Crippen LogP contribution in [-0.4, -0.2) is 15.7 Å². The number of amides is 1. The van der Waals surface area contributed by atoms with Crippen LogP contribution in [0.25, 0.3) is 0 Å². The van der Waals surface area contributed by atoms with Gasteiger partial charge in [0.1, 0.15) is 0 Å². The van der Waals surface area contributed by atoms with Gasteiger partial charge in [0, 0.05) is 12.6 Å². The quantitative estimate of drug-likeness (QED) is 0.510. The minimum atomic E-state index is 0.0902. The van der Waals surface area contributed by atoms with Crippen LogP contribution in [-0.2, 0) is 11.3 Å². The van der Waals surface area contributed by atoms with Gasteiger partial charge in [-0.1, -0.05) is 29.3 Å². The molecule has 0 atom stereocenters. The SMILES string of the molecule is O=C(CC12CC3CC(CC(C3)C1)C2)Nc1nn(Cc2ccc(Cl)c(Cl)c2)cc1Br. The third-order valence-electron chi connectivity index (χ3n) is 7.00. The molecule has 0 saturated heterocycles. The van der Waals surface area contributed by atoms with Crippen molar-refractivity contribution in [2.24, 2.45) is 23.2 Å². The lowest BCUT2D eigenvalue weighted by atomic mass is 9.49. The normalized spacial score (nSPS) is 30.0. The molecule has 4 bridgehead atoms. The summed E-state index contributed by atoms with van der Waals surface area (Å²) in [5.41, 5.74) is 1.23. The third kappa shape index (κ3) is 4.11. The van der Waals surface area contributed by atoms with E-state index in [-0.39, 0.29) is 11.3 Å². The Labute approximate surface area is 189 Å². The van der Waals surface area contributed by atoms with Crippen molar-refractivity contribution in [1.29, 1.82) is 0 Å². The number of hydrogen-bond donors (Lipinski definition) is 1. The largest absolute Gasteiger partial charge is 0.308 e. The second-order valence-electron chi connectivity index (χ2n) is 9.41. The summed E-state index contributed by atoms with van der Waals surface area (Å²) in [4.78, 5) is 12.9. The molecule has 154 valence electrons. The second-order valence-corrected chi connectivity index (χ2v) is 11.1. The molecule has 29 heavy (non-hydrogen) atoms. The lowest BCUT2D eigenvalue weighted by Crippen LogP contribution is -2.47. The Balaban J connectivity index is 1.25. The Morgan fingerprint density at radius 2 is 1.79 bits per heavy atom. The van der Waals surface area contributed by atoms with Gasteiger partial charge < -0.3 is 5.32 Å². The standard InChI is InChI=1S/C22H24BrCl2N3O/c23-17-12-28(11-13-1-2-18(24)19(25)6-13)27-21(17)26-20(29)10-22-7-14-3-15(8-22)5-16(4-14)9-22/h1-2,6,12,14-16H,3-5,7-11H2,(H,26,27,29). The van der Waals surface area contributed by atoms with Crippen molar-refractivity contribution in [1.82, 2.24) is 9.78 Å². The number of benzene rings is 1. The molecule has 4 aliphatic carbocycles. The summed E-state index contributed by atoms with van der Waals surface area (Å²) in [6, 6.07) is 5.55. The molecule has 4 saturated carbocycles. The highest BCUT2D eigenvalue weighted by atomic mass is 79.9. The number of aromatic nitrogens is 2. The molecule has 0 spiro atoms. The molecule has 0 radical (unpaired) electrons. The average molecular weight is 497 g/mol. The average Bonchev–Trinajstić information content (AvgIpc) is 2.95. The second kappa shape index (κ2) is 7.58. The van der Waals surface area contributed by atoms with Gasteiger partial charge in [-0.05, 0) is 95.3 Å².